The number of morpholine rings is 1. The molecule has 0 saturated carbocycles. The normalized spacial score (nSPS) is 13.6. The lowest BCUT2D eigenvalue weighted by molar-refractivity contribution is -0.125. The van der Waals surface area contributed by atoms with E-state index in [4.69, 9.17) is 16.3 Å². The third-order valence-corrected chi connectivity index (χ3v) is 9.47. The number of hydrogen-bond acceptors (Lipinski definition) is 5. The highest BCUT2D eigenvalue weighted by molar-refractivity contribution is 6.30. The summed E-state index contributed by atoms with van der Waals surface area (Å²) < 4.78 is 7.34. The number of anilines is 3. The summed E-state index contributed by atoms with van der Waals surface area (Å²) in [4.78, 5) is 46.4. The number of benzene rings is 5. The van der Waals surface area contributed by atoms with E-state index in [1.165, 1.54) is 0 Å². The molecule has 0 spiro atoms. The largest absolute Gasteiger partial charge is 0.370 e. The fourth-order valence-corrected chi connectivity index (χ4v) is 6.88. The first-order valence-electron chi connectivity index (χ1n) is 17.2. The molecular formula is C42H37ClN6O4. The summed E-state index contributed by atoms with van der Waals surface area (Å²) in [5.74, 6) is -0.567. The summed E-state index contributed by atoms with van der Waals surface area (Å²) in [6.45, 7) is 0.927. The van der Waals surface area contributed by atoms with Crippen molar-refractivity contribution < 1.29 is 19.1 Å². The van der Waals surface area contributed by atoms with Crippen molar-refractivity contribution in [3.63, 3.8) is 0 Å². The van der Waals surface area contributed by atoms with Crippen LogP contribution in [0.4, 0.5) is 21.9 Å². The number of amides is 4. The SMILES string of the molecule is O=C(Nc1ccc(Cl)cc1)NC(Cc1cncn1C(c1ccccc1)(c1ccccc1)c1ccccc1)C(=O)Nc1ccc(N2CCOCC2=O)cc1. The Bertz CT molecular complexity index is 2060. The molecule has 10 nitrogen and oxygen atoms in total. The van der Waals surface area contributed by atoms with Gasteiger partial charge in [0.25, 0.3) is 5.91 Å². The van der Waals surface area contributed by atoms with Crippen LogP contribution in [0.1, 0.15) is 22.4 Å². The lowest BCUT2D eigenvalue weighted by atomic mass is 9.76. The number of halogens is 1. The molecule has 6 aromatic rings. The van der Waals surface area contributed by atoms with Crippen LogP contribution in [0.3, 0.4) is 0 Å². The molecule has 1 aliphatic rings. The smallest absolute Gasteiger partial charge is 0.319 e. The summed E-state index contributed by atoms with van der Waals surface area (Å²) in [5.41, 5.74) is 4.52. The molecule has 4 amide bonds. The fraction of sp³-hybridized carbons (Fsp3) is 0.143. The Morgan fingerprint density at radius 2 is 1.30 bits per heavy atom. The third-order valence-electron chi connectivity index (χ3n) is 9.22. The van der Waals surface area contributed by atoms with Crippen molar-refractivity contribution in [2.45, 2.75) is 18.0 Å². The van der Waals surface area contributed by atoms with Crippen molar-refractivity contribution in [3.8, 4) is 0 Å². The van der Waals surface area contributed by atoms with Gasteiger partial charge in [-0.25, -0.2) is 9.78 Å². The van der Waals surface area contributed by atoms with E-state index in [1.807, 2.05) is 54.6 Å². The maximum atomic E-state index is 14.2. The third kappa shape index (κ3) is 7.69. The number of rotatable bonds is 11. The van der Waals surface area contributed by atoms with Gasteiger partial charge in [-0.15, -0.1) is 0 Å². The highest BCUT2D eigenvalue weighted by Crippen LogP contribution is 2.41. The number of urea groups is 1. The zero-order valence-corrected chi connectivity index (χ0v) is 29.4. The van der Waals surface area contributed by atoms with Crippen LogP contribution in [-0.2, 0) is 26.3 Å². The zero-order chi connectivity index (χ0) is 36.6. The molecule has 1 unspecified atom stereocenters. The van der Waals surface area contributed by atoms with Crippen molar-refractivity contribution in [2.24, 2.45) is 0 Å². The number of nitrogens with zero attached hydrogens (tertiary/aromatic N) is 3. The first-order chi connectivity index (χ1) is 25.9. The average molecular weight is 725 g/mol. The predicted molar refractivity (Wildman–Crippen MR) is 206 cm³/mol. The molecular weight excluding hydrogens is 688 g/mol. The Labute approximate surface area is 312 Å². The predicted octanol–water partition coefficient (Wildman–Crippen LogP) is 7.11. The van der Waals surface area contributed by atoms with Gasteiger partial charge in [0, 0.05) is 46.9 Å². The summed E-state index contributed by atoms with van der Waals surface area (Å²) in [6, 6.07) is 42.6. The Hall–Kier alpha value is -6.23. The summed E-state index contributed by atoms with van der Waals surface area (Å²) in [5, 5.41) is 9.21. The topological polar surface area (TPSA) is 118 Å². The monoisotopic (exact) mass is 724 g/mol. The Morgan fingerprint density at radius 1 is 0.755 bits per heavy atom. The van der Waals surface area contributed by atoms with E-state index in [-0.39, 0.29) is 18.9 Å². The lowest BCUT2D eigenvalue weighted by Crippen LogP contribution is -2.48. The van der Waals surface area contributed by atoms with E-state index in [2.05, 4.69) is 61.9 Å². The maximum absolute atomic E-state index is 14.2. The number of aromatic nitrogens is 2. The van der Waals surface area contributed by atoms with Gasteiger partial charge in [0.05, 0.1) is 12.9 Å². The molecule has 1 aliphatic heterocycles. The molecule has 1 fully saturated rings. The lowest BCUT2D eigenvalue weighted by Gasteiger charge is -2.39. The summed E-state index contributed by atoms with van der Waals surface area (Å²) in [6.07, 6.45) is 3.60. The van der Waals surface area contributed by atoms with E-state index in [1.54, 1.807) is 66.0 Å². The minimum atomic E-state index is -1.04. The first-order valence-corrected chi connectivity index (χ1v) is 17.6. The number of carbonyl (C=O) groups excluding carboxylic acids is 3. The highest BCUT2D eigenvalue weighted by atomic mass is 35.5. The molecule has 53 heavy (non-hydrogen) atoms. The molecule has 7 rings (SSSR count). The van der Waals surface area contributed by atoms with Gasteiger partial charge < -0.3 is 30.2 Å². The van der Waals surface area contributed by atoms with Gasteiger partial charge in [-0.1, -0.05) is 103 Å². The van der Waals surface area contributed by atoms with Gasteiger partial charge in [0.1, 0.15) is 18.2 Å². The standard InChI is InChI=1S/C42H37ClN6O4/c43-33-16-18-35(19-17-33)46-41(52)47-38(40(51)45-34-20-22-36(23-21-34)48-24-25-53-28-39(48)50)26-37-27-44-29-49(37)42(30-10-4-1-5-11-30,31-12-6-2-7-13-31)32-14-8-3-9-15-32/h1-23,27,29,38H,24-26,28H2,(H,45,51)(H2,46,47,52). The van der Waals surface area contributed by atoms with Crippen molar-refractivity contribution in [1.29, 1.82) is 0 Å². The van der Waals surface area contributed by atoms with Crippen LogP contribution in [0.25, 0.3) is 0 Å². The number of carbonyl (C=O) groups is 3. The quantitative estimate of drug-likeness (QED) is 0.123. The molecule has 0 aliphatic carbocycles. The Kier molecular flexibility index (Phi) is 10.6. The maximum Gasteiger partial charge on any atom is 0.319 e. The van der Waals surface area contributed by atoms with Gasteiger partial charge in [0.15, 0.2) is 0 Å². The summed E-state index contributed by atoms with van der Waals surface area (Å²) >= 11 is 6.06. The van der Waals surface area contributed by atoms with Crippen molar-refractivity contribution in [3.05, 3.63) is 179 Å². The van der Waals surface area contributed by atoms with Crippen LogP contribution in [0.5, 0.6) is 0 Å². The second kappa shape index (κ2) is 16.0. The van der Waals surface area contributed by atoms with Crippen LogP contribution in [0.2, 0.25) is 5.02 Å². The van der Waals surface area contributed by atoms with Crippen LogP contribution >= 0.6 is 11.6 Å². The van der Waals surface area contributed by atoms with Crippen molar-refractivity contribution in [2.75, 3.05) is 35.3 Å². The van der Waals surface area contributed by atoms with Crippen LogP contribution < -0.4 is 20.9 Å². The number of ether oxygens (including phenoxy) is 1. The molecule has 0 radical (unpaired) electrons. The fourth-order valence-electron chi connectivity index (χ4n) is 6.75. The number of hydrogen-bond donors (Lipinski definition) is 3. The van der Waals surface area contributed by atoms with E-state index in [9.17, 15) is 14.4 Å². The molecule has 3 N–H and O–H groups in total. The summed E-state index contributed by atoms with van der Waals surface area (Å²) in [7, 11) is 0. The van der Waals surface area contributed by atoms with Crippen LogP contribution in [-0.4, -0.2) is 53.2 Å². The van der Waals surface area contributed by atoms with E-state index >= 15 is 0 Å². The second-order valence-electron chi connectivity index (χ2n) is 12.6. The highest BCUT2D eigenvalue weighted by Gasteiger charge is 2.40. The van der Waals surface area contributed by atoms with Crippen LogP contribution in [0, 0.1) is 0 Å². The first kappa shape index (κ1) is 35.2. The van der Waals surface area contributed by atoms with Crippen LogP contribution in [0.15, 0.2) is 152 Å². The molecule has 11 heteroatoms. The minimum absolute atomic E-state index is 0.0284. The van der Waals surface area contributed by atoms with E-state index in [0.29, 0.717) is 40.9 Å². The zero-order valence-electron chi connectivity index (χ0n) is 28.7. The average Bonchev–Trinajstić information content (AvgIpc) is 3.66. The van der Waals surface area contributed by atoms with E-state index in [0.717, 1.165) is 16.7 Å². The molecule has 2 heterocycles. The Balaban J connectivity index is 1.25. The van der Waals surface area contributed by atoms with Gasteiger partial charge >= 0.3 is 6.03 Å². The molecule has 1 atom stereocenters. The van der Waals surface area contributed by atoms with Gasteiger partial charge in [-0.05, 0) is 65.2 Å². The molecule has 266 valence electrons. The molecule has 0 bridgehead atoms. The second-order valence-corrected chi connectivity index (χ2v) is 13.0. The van der Waals surface area contributed by atoms with E-state index < -0.39 is 23.5 Å². The van der Waals surface area contributed by atoms with Gasteiger partial charge in [-0.3, -0.25) is 9.59 Å². The minimum Gasteiger partial charge on any atom is -0.370 e. The van der Waals surface area contributed by atoms with Crippen molar-refractivity contribution in [1.82, 2.24) is 14.9 Å². The van der Waals surface area contributed by atoms with Crippen molar-refractivity contribution >= 4 is 46.5 Å². The molecule has 1 saturated heterocycles. The number of imidazole rings is 1. The number of nitrogens with one attached hydrogen (secondary N) is 3. The molecule has 5 aromatic carbocycles. The van der Waals surface area contributed by atoms with Gasteiger partial charge in [-0.2, -0.15) is 0 Å². The molecule has 1 aromatic heterocycles. The van der Waals surface area contributed by atoms with Gasteiger partial charge in [0.2, 0.25) is 5.91 Å². The Morgan fingerprint density at radius 3 is 1.87 bits per heavy atom.